The molecule has 0 rings (SSSR count). The van der Waals surface area contributed by atoms with Crippen molar-refractivity contribution in [3.63, 3.8) is 0 Å². The number of terminal acetylenes is 1. The van der Waals surface area contributed by atoms with E-state index < -0.39 is 12.1 Å². The van der Waals surface area contributed by atoms with Crippen LogP contribution in [0.15, 0.2) is 0 Å². The molecule has 0 radical (unpaired) electrons. The molecule has 0 N–H and O–H groups in total. The molecule has 0 aliphatic carbocycles. The summed E-state index contributed by atoms with van der Waals surface area (Å²) in [6.45, 7) is 5.05. The molecule has 1 atom stereocenters. The van der Waals surface area contributed by atoms with Gasteiger partial charge in [0.15, 0.2) is 6.10 Å². The average Bonchev–Trinajstić information content (AvgIpc) is 1.99. The second kappa shape index (κ2) is 4.75. The van der Waals surface area contributed by atoms with Crippen LogP contribution in [0.1, 0.15) is 20.8 Å². The Morgan fingerprint density at radius 2 is 2.00 bits per heavy atom. The van der Waals surface area contributed by atoms with Gasteiger partial charge in [-0.25, -0.2) is 4.79 Å². The number of carbonyl (C=O) groups is 1. The van der Waals surface area contributed by atoms with Gasteiger partial charge in [0.1, 0.15) is 0 Å². The van der Waals surface area contributed by atoms with Gasteiger partial charge in [0.05, 0.1) is 5.92 Å². The van der Waals surface area contributed by atoms with Crippen molar-refractivity contribution in [2.45, 2.75) is 26.9 Å². The minimum Gasteiger partial charge on any atom is -0.297 e. The van der Waals surface area contributed by atoms with Gasteiger partial charge in [-0.2, -0.15) is 4.89 Å². The third-order valence-corrected chi connectivity index (χ3v) is 0.981. The molecule has 3 nitrogen and oxygen atoms in total. The Morgan fingerprint density at radius 1 is 1.45 bits per heavy atom. The van der Waals surface area contributed by atoms with Gasteiger partial charge < -0.3 is 0 Å². The summed E-state index contributed by atoms with van der Waals surface area (Å²) >= 11 is 0. The van der Waals surface area contributed by atoms with Crippen molar-refractivity contribution in [1.82, 2.24) is 0 Å². The fraction of sp³-hybridized carbons (Fsp3) is 0.625. The highest BCUT2D eigenvalue weighted by molar-refractivity contribution is 5.70. The quantitative estimate of drug-likeness (QED) is 0.349. The van der Waals surface area contributed by atoms with Crippen molar-refractivity contribution < 1.29 is 14.6 Å². The molecule has 0 spiro atoms. The monoisotopic (exact) mass is 156 g/mol. The lowest BCUT2D eigenvalue weighted by Gasteiger charge is -2.06. The first-order chi connectivity index (χ1) is 5.07. The first-order valence-electron chi connectivity index (χ1n) is 3.41. The van der Waals surface area contributed by atoms with Gasteiger partial charge in [0.25, 0.3) is 0 Å². The first-order valence-corrected chi connectivity index (χ1v) is 3.41. The maximum atomic E-state index is 10.7. The molecule has 0 aromatic carbocycles. The lowest BCUT2D eigenvalue weighted by molar-refractivity contribution is -0.286. The molecule has 11 heavy (non-hydrogen) atoms. The molecule has 0 aromatic heterocycles. The van der Waals surface area contributed by atoms with Crippen LogP contribution in [0.4, 0.5) is 0 Å². The Labute approximate surface area is 66.6 Å². The largest absolute Gasteiger partial charge is 0.344 e. The Morgan fingerprint density at radius 3 is 2.36 bits per heavy atom. The van der Waals surface area contributed by atoms with Gasteiger partial charge in [-0.05, 0) is 6.92 Å². The van der Waals surface area contributed by atoms with Crippen LogP contribution in [0.3, 0.4) is 0 Å². The number of carbonyl (C=O) groups excluding carboxylic acids is 1. The minimum absolute atomic E-state index is 0.194. The van der Waals surface area contributed by atoms with Crippen LogP contribution < -0.4 is 0 Å². The summed E-state index contributed by atoms with van der Waals surface area (Å²) in [5.41, 5.74) is 0. The van der Waals surface area contributed by atoms with E-state index in [-0.39, 0.29) is 5.92 Å². The number of hydrogen-bond acceptors (Lipinski definition) is 3. The fourth-order valence-corrected chi connectivity index (χ4v) is 0.244. The molecule has 62 valence electrons. The molecule has 0 amide bonds. The molecule has 1 unspecified atom stereocenters. The van der Waals surface area contributed by atoms with Gasteiger partial charge in [0, 0.05) is 0 Å². The highest BCUT2D eigenvalue weighted by Gasteiger charge is 2.10. The molecule has 0 heterocycles. The maximum Gasteiger partial charge on any atom is 0.344 e. The van der Waals surface area contributed by atoms with Crippen molar-refractivity contribution in [3.8, 4) is 12.3 Å². The van der Waals surface area contributed by atoms with Crippen LogP contribution in [0.2, 0.25) is 0 Å². The van der Waals surface area contributed by atoms with E-state index in [4.69, 9.17) is 6.42 Å². The smallest absolute Gasteiger partial charge is 0.297 e. The molecule has 0 aliphatic heterocycles. The van der Waals surface area contributed by atoms with Gasteiger partial charge in [-0.1, -0.05) is 19.8 Å². The predicted molar refractivity (Wildman–Crippen MR) is 40.3 cm³/mol. The second-order valence-electron chi connectivity index (χ2n) is 2.46. The van der Waals surface area contributed by atoms with E-state index >= 15 is 0 Å². The maximum absolute atomic E-state index is 10.7. The van der Waals surface area contributed by atoms with E-state index in [1.165, 1.54) is 0 Å². The molecule has 0 saturated carbocycles. The highest BCUT2D eigenvalue weighted by Crippen LogP contribution is 1.98. The Hall–Kier alpha value is -1.01. The standard InChI is InChI=1S/C8H12O3/c1-5-7(4)10-11-8(9)6(2)3/h1,6-7H,2-4H3. The molecule has 0 aromatic rings. The predicted octanol–water partition coefficient (Wildman–Crippen LogP) is 1.14. The third kappa shape index (κ3) is 4.40. The van der Waals surface area contributed by atoms with E-state index in [9.17, 15) is 4.79 Å². The van der Waals surface area contributed by atoms with Crippen LogP contribution in [-0.2, 0) is 14.6 Å². The van der Waals surface area contributed by atoms with Crippen molar-refractivity contribution in [2.75, 3.05) is 0 Å². The lowest BCUT2D eigenvalue weighted by atomic mass is 10.2. The van der Waals surface area contributed by atoms with Crippen molar-refractivity contribution in [2.24, 2.45) is 5.92 Å². The van der Waals surface area contributed by atoms with Gasteiger partial charge in [0.2, 0.25) is 0 Å². The second-order valence-corrected chi connectivity index (χ2v) is 2.46. The summed E-state index contributed by atoms with van der Waals surface area (Å²) in [5, 5.41) is 0. The normalized spacial score (nSPS) is 12.3. The zero-order chi connectivity index (χ0) is 8.85. The van der Waals surface area contributed by atoms with E-state index in [1.54, 1.807) is 20.8 Å². The molecular formula is C8H12O3. The Balaban J connectivity index is 3.56. The molecule has 0 saturated heterocycles. The van der Waals surface area contributed by atoms with Gasteiger partial charge in [-0.15, -0.1) is 6.42 Å². The molecule has 3 heteroatoms. The highest BCUT2D eigenvalue weighted by atomic mass is 17.2. The molecule has 0 fully saturated rings. The lowest BCUT2D eigenvalue weighted by Crippen LogP contribution is -2.15. The SMILES string of the molecule is C#CC(C)OOC(=O)C(C)C. The summed E-state index contributed by atoms with van der Waals surface area (Å²) in [4.78, 5) is 19.7. The van der Waals surface area contributed by atoms with Crippen LogP contribution >= 0.6 is 0 Å². The van der Waals surface area contributed by atoms with Crippen molar-refractivity contribution in [1.29, 1.82) is 0 Å². The van der Waals surface area contributed by atoms with Gasteiger partial charge in [-0.3, -0.25) is 4.89 Å². The van der Waals surface area contributed by atoms with E-state index in [2.05, 4.69) is 15.7 Å². The van der Waals surface area contributed by atoms with Crippen molar-refractivity contribution >= 4 is 5.97 Å². The molecular weight excluding hydrogens is 144 g/mol. The summed E-state index contributed by atoms with van der Waals surface area (Å²) < 4.78 is 0. The van der Waals surface area contributed by atoms with Crippen molar-refractivity contribution in [3.05, 3.63) is 0 Å². The topological polar surface area (TPSA) is 35.5 Å². The van der Waals surface area contributed by atoms with E-state index in [0.717, 1.165) is 0 Å². The number of hydrogen-bond donors (Lipinski definition) is 0. The summed E-state index contributed by atoms with van der Waals surface area (Å²) in [6.07, 6.45) is 4.48. The summed E-state index contributed by atoms with van der Waals surface area (Å²) in [5.74, 6) is 1.66. The average molecular weight is 156 g/mol. The zero-order valence-corrected chi connectivity index (χ0v) is 6.96. The first kappa shape index (κ1) is 9.99. The third-order valence-electron chi connectivity index (χ3n) is 0.981. The van der Waals surface area contributed by atoms with Gasteiger partial charge >= 0.3 is 5.97 Å². The Bertz CT molecular complexity index is 167. The van der Waals surface area contributed by atoms with Crippen LogP contribution in [0.5, 0.6) is 0 Å². The summed E-state index contributed by atoms with van der Waals surface area (Å²) in [7, 11) is 0. The summed E-state index contributed by atoms with van der Waals surface area (Å²) in [6, 6.07) is 0. The van der Waals surface area contributed by atoms with E-state index in [0.29, 0.717) is 0 Å². The molecule has 0 bridgehead atoms. The minimum atomic E-state index is -0.488. The number of rotatable bonds is 3. The fourth-order valence-electron chi connectivity index (χ4n) is 0.244. The van der Waals surface area contributed by atoms with Crippen LogP contribution in [-0.4, -0.2) is 12.1 Å². The van der Waals surface area contributed by atoms with Crippen LogP contribution in [0.25, 0.3) is 0 Å². The molecule has 0 aliphatic rings. The Kier molecular flexibility index (Phi) is 4.32. The van der Waals surface area contributed by atoms with Crippen LogP contribution in [0, 0.1) is 18.3 Å². The van der Waals surface area contributed by atoms with E-state index in [1.807, 2.05) is 0 Å². The zero-order valence-electron chi connectivity index (χ0n) is 6.96.